The summed E-state index contributed by atoms with van der Waals surface area (Å²) in [5.41, 5.74) is 0.362. The highest BCUT2D eigenvalue weighted by molar-refractivity contribution is 6.28. The maximum Gasteiger partial charge on any atom is 0.356 e. The number of aromatic carboxylic acids is 1. The van der Waals surface area contributed by atoms with Crippen LogP contribution in [0.5, 0.6) is 0 Å². The molecule has 1 saturated carbocycles. The van der Waals surface area contributed by atoms with Gasteiger partial charge in [-0.2, -0.15) is 0 Å². The maximum absolute atomic E-state index is 10.8. The second-order valence-corrected chi connectivity index (χ2v) is 3.46. The molecule has 1 aromatic rings. The average molecular weight is 214 g/mol. The lowest BCUT2D eigenvalue weighted by Gasteiger charge is -2.06. The number of rotatable bonds is 3. The summed E-state index contributed by atoms with van der Waals surface area (Å²) >= 11 is 5.50. The summed E-state index contributed by atoms with van der Waals surface area (Å²) < 4.78 is 0. The number of carboxylic acid groups (broad SMARTS) is 1. The van der Waals surface area contributed by atoms with Gasteiger partial charge in [0, 0.05) is 6.04 Å². The zero-order valence-corrected chi connectivity index (χ0v) is 7.95. The molecular formula is C8H8ClN3O2. The van der Waals surface area contributed by atoms with Crippen molar-refractivity contribution in [3.05, 3.63) is 17.2 Å². The first-order chi connectivity index (χ1) is 6.66. The molecule has 0 atom stereocenters. The van der Waals surface area contributed by atoms with E-state index in [9.17, 15) is 4.79 Å². The number of halogens is 1. The Morgan fingerprint density at radius 2 is 2.36 bits per heavy atom. The van der Waals surface area contributed by atoms with E-state index in [0.717, 1.165) is 12.8 Å². The molecule has 0 aliphatic heterocycles. The largest absolute Gasteiger partial charge is 0.476 e. The molecule has 74 valence electrons. The molecular weight excluding hydrogens is 206 g/mol. The van der Waals surface area contributed by atoms with Gasteiger partial charge in [-0.3, -0.25) is 0 Å². The van der Waals surface area contributed by atoms with Crippen LogP contribution in [0.1, 0.15) is 23.3 Å². The SMILES string of the molecule is O=C(O)c1nc(Cl)ncc1NC1CC1. The van der Waals surface area contributed by atoms with Crippen molar-refractivity contribution in [2.45, 2.75) is 18.9 Å². The standard InChI is InChI=1S/C8H8ClN3O2/c9-8-10-3-5(11-4-1-2-4)6(12-8)7(13)14/h3-4,11H,1-2H2,(H,13,14). The summed E-state index contributed by atoms with van der Waals surface area (Å²) in [5.74, 6) is -1.10. The first kappa shape index (κ1) is 9.21. The number of carbonyl (C=O) groups is 1. The predicted octanol–water partition coefficient (Wildman–Crippen LogP) is 1.40. The van der Waals surface area contributed by atoms with Gasteiger partial charge in [-0.15, -0.1) is 0 Å². The molecule has 0 bridgehead atoms. The molecule has 1 aliphatic carbocycles. The Morgan fingerprint density at radius 3 is 2.93 bits per heavy atom. The van der Waals surface area contributed by atoms with E-state index in [1.165, 1.54) is 6.20 Å². The first-order valence-corrected chi connectivity index (χ1v) is 4.57. The molecule has 6 heteroatoms. The van der Waals surface area contributed by atoms with Crippen molar-refractivity contribution in [2.24, 2.45) is 0 Å². The van der Waals surface area contributed by atoms with Crippen molar-refractivity contribution >= 4 is 23.3 Å². The molecule has 2 N–H and O–H groups in total. The normalized spacial score (nSPS) is 15.2. The number of carboxylic acids is 1. The number of nitrogens with one attached hydrogen (secondary N) is 1. The topological polar surface area (TPSA) is 75.1 Å². The molecule has 0 radical (unpaired) electrons. The van der Waals surface area contributed by atoms with E-state index < -0.39 is 5.97 Å². The molecule has 14 heavy (non-hydrogen) atoms. The van der Waals surface area contributed by atoms with E-state index in [2.05, 4.69) is 15.3 Å². The van der Waals surface area contributed by atoms with Crippen LogP contribution in [0.4, 0.5) is 5.69 Å². The van der Waals surface area contributed by atoms with Crippen LogP contribution < -0.4 is 5.32 Å². The Balaban J connectivity index is 2.31. The molecule has 0 unspecified atom stereocenters. The minimum Gasteiger partial charge on any atom is -0.476 e. The van der Waals surface area contributed by atoms with Gasteiger partial charge in [0.15, 0.2) is 5.69 Å². The van der Waals surface area contributed by atoms with Crippen molar-refractivity contribution in [3.63, 3.8) is 0 Å². The molecule has 0 amide bonds. The van der Waals surface area contributed by atoms with Gasteiger partial charge in [0.05, 0.1) is 11.9 Å². The molecule has 1 heterocycles. The number of aromatic nitrogens is 2. The Bertz CT molecular complexity index is 379. The van der Waals surface area contributed by atoms with Crippen LogP contribution in [0.15, 0.2) is 6.20 Å². The van der Waals surface area contributed by atoms with Crippen molar-refractivity contribution in [1.82, 2.24) is 9.97 Å². The van der Waals surface area contributed by atoms with Crippen LogP contribution in [0, 0.1) is 0 Å². The molecule has 1 fully saturated rings. The van der Waals surface area contributed by atoms with Crippen LogP contribution in [-0.4, -0.2) is 27.1 Å². The third kappa shape index (κ3) is 1.93. The van der Waals surface area contributed by atoms with Gasteiger partial charge in [0.1, 0.15) is 0 Å². The number of hydrogen-bond acceptors (Lipinski definition) is 4. The summed E-state index contributed by atoms with van der Waals surface area (Å²) in [6.07, 6.45) is 3.51. The second kappa shape index (κ2) is 3.42. The fourth-order valence-electron chi connectivity index (χ4n) is 1.08. The quantitative estimate of drug-likeness (QED) is 0.743. The fourth-order valence-corrected chi connectivity index (χ4v) is 1.21. The molecule has 1 aliphatic rings. The smallest absolute Gasteiger partial charge is 0.356 e. The molecule has 0 saturated heterocycles. The van der Waals surface area contributed by atoms with Gasteiger partial charge < -0.3 is 10.4 Å². The van der Waals surface area contributed by atoms with Gasteiger partial charge in [0.25, 0.3) is 0 Å². The number of nitrogens with zero attached hydrogens (tertiary/aromatic N) is 2. The van der Waals surface area contributed by atoms with E-state index >= 15 is 0 Å². The monoisotopic (exact) mass is 213 g/mol. The van der Waals surface area contributed by atoms with Crippen molar-refractivity contribution in [2.75, 3.05) is 5.32 Å². The van der Waals surface area contributed by atoms with E-state index in [4.69, 9.17) is 16.7 Å². The highest BCUT2D eigenvalue weighted by atomic mass is 35.5. The first-order valence-electron chi connectivity index (χ1n) is 4.19. The van der Waals surface area contributed by atoms with Crippen molar-refractivity contribution in [1.29, 1.82) is 0 Å². The summed E-state index contributed by atoms with van der Waals surface area (Å²) in [7, 11) is 0. The van der Waals surface area contributed by atoms with Crippen molar-refractivity contribution < 1.29 is 9.90 Å². The fraction of sp³-hybridized carbons (Fsp3) is 0.375. The lowest BCUT2D eigenvalue weighted by molar-refractivity contribution is 0.0691. The van der Waals surface area contributed by atoms with E-state index in [-0.39, 0.29) is 11.0 Å². The van der Waals surface area contributed by atoms with Gasteiger partial charge in [0.2, 0.25) is 5.28 Å². The van der Waals surface area contributed by atoms with Crippen LogP contribution in [-0.2, 0) is 0 Å². The van der Waals surface area contributed by atoms with E-state index in [0.29, 0.717) is 11.7 Å². The van der Waals surface area contributed by atoms with Crippen LogP contribution >= 0.6 is 11.6 Å². The van der Waals surface area contributed by atoms with Gasteiger partial charge in [-0.25, -0.2) is 14.8 Å². The number of anilines is 1. The second-order valence-electron chi connectivity index (χ2n) is 3.13. The molecule has 5 nitrogen and oxygen atoms in total. The Hall–Kier alpha value is -1.36. The van der Waals surface area contributed by atoms with E-state index in [1.54, 1.807) is 0 Å². The van der Waals surface area contributed by atoms with Crippen molar-refractivity contribution in [3.8, 4) is 0 Å². The lowest BCUT2D eigenvalue weighted by atomic mass is 10.3. The molecule has 1 aromatic heterocycles. The highest BCUT2D eigenvalue weighted by Gasteiger charge is 2.24. The van der Waals surface area contributed by atoms with Crippen LogP contribution in [0.2, 0.25) is 5.28 Å². The summed E-state index contributed by atoms with van der Waals surface area (Å²) in [4.78, 5) is 18.2. The van der Waals surface area contributed by atoms with E-state index in [1.807, 2.05) is 0 Å². The Labute approximate surface area is 85.1 Å². The molecule has 0 aromatic carbocycles. The van der Waals surface area contributed by atoms with Gasteiger partial charge >= 0.3 is 5.97 Å². The van der Waals surface area contributed by atoms with Crippen LogP contribution in [0.25, 0.3) is 0 Å². The Morgan fingerprint density at radius 1 is 1.64 bits per heavy atom. The zero-order valence-electron chi connectivity index (χ0n) is 7.20. The van der Waals surface area contributed by atoms with Gasteiger partial charge in [-0.1, -0.05) is 0 Å². The molecule has 2 rings (SSSR count). The third-order valence-electron chi connectivity index (χ3n) is 1.90. The maximum atomic E-state index is 10.8. The Kier molecular flexibility index (Phi) is 2.25. The minimum atomic E-state index is -1.10. The summed E-state index contributed by atoms with van der Waals surface area (Å²) in [6.45, 7) is 0. The zero-order chi connectivity index (χ0) is 10.1. The average Bonchev–Trinajstić information content (AvgIpc) is 2.91. The summed E-state index contributed by atoms with van der Waals surface area (Å²) in [6, 6.07) is 0.359. The highest BCUT2D eigenvalue weighted by Crippen LogP contribution is 2.26. The van der Waals surface area contributed by atoms with Gasteiger partial charge in [-0.05, 0) is 24.4 Å². The van der Waals surface area contributed by atoms with Crippen LogP contribution in [0.3, 0.4) is 0 Å². The minimum absolute atomic E-state index is 0.0521. The molecule has 0 spiro atoms. The summed E-state index contributed by atoms with van der Waals surface area (Å²) in [5, 5.41) is 11.8. The predicted molar refractivity (Wildman–Crippen MR) is 50.6 cm³/mol. The number of hydrogen-bond donors (Lipinski definition) is 2. The lowest BCUT2D eigenvalue weighted by Crippen LogP contribution is -2.10. The third-order valence-corrected chi connectivity index (χ3v) is 2.08.